The van der Waals surface area contributed by atoms with Gasteiger partial charge in [-0.1, -0.05) is 62.5 Å². The molecule has 0 saturated heterocycles. The topological polar surface area (TPSA) is 109 Å². The number of amides is 1. The van der Waals surface area contributed by atoms with E-state index in [9.17, 15) is 14.4 Å². The van der Waals surface area contributed by atoms with Gasteiger partial charge in [-0.05, 0) is 75.6 Å². The summed E-state index contributed by atoms with van der Waals surface area (Å²) in [5.41, 5.74) is 4.15. The summed E-state index contributed by atoms with van der Waals surface area (Å²) in [5.74, 6) is -0.383. The number of aryl methyl sites for hydroxylation is 2. The van der Waals surface area contributed by atoms with Crippen molar-refractivity contribution in [2.24, 2.45) is 0 Å². The molecule has 11 heteroatoms. The van der Waals surface area contributed by atoms with Crippen LogP contribution in [0.2, 0.25) is 25.7 Å². The quantitative estimate of drug-likeness (QED) is 0.112. The summed E-state index contributed by atoms with van der Waals surface area (Å²) < 4.78 is 16.4. The van der Waals surface area contributed by atoms with Crippen molar-refractivity contribution in [3.05, 3.63) is 106 Å². The third kappa shape index (κ3) is 9.04. The first kappa shape index (κ1) is 35.6. The second kappa shape index (κ2) is 14.4. The monoisotopic (exact) mass is 681 g/mol. The third-order valence-electron chi connectivity index (χ3n) is 8.06. The molecule has 10 nitrogen and oxygen atoms in total. The van der Waals surface area contributed by atoms with Gasteiger partial charge in [-0.3, -0.25) is 18.8 Å². The van der Waals surface area contributed by atoms with E-state index in [0.29, 0.717) is 35.6 Å². The number of carbonyl (C=O) groups excluding carboxylic acids is 2. The molecule has 0 aliphatic heterocycles. The zero-order valence-electron chi connectivity index (χ0n) is 29.8. The van der Waals surface area contributed by atoms with Crippen LogP contribution in [0.25, 0.3) is 22.2 Å². The Morgan fingerprint density at radius 2 is 1.67 bits per heavy atom. The Kier molecular flexibility index (Phi) is 10.4. The lowest BCUT2D eigenvalue weighted by atomic mass is 10.1. The molecule has 0 aliphatic carbocycles. The number of nitrogens with zero attached hydrogens (tertiary/aromatic N) is 4. The second-order valence-electron chi connectivity index (χ2n) is 14.7. The highest BCUT2D eigenvalue weighted by Gasteiger charge is 2.25. The molecule has 0 atom stereocenters. The predicted molar refractivity (Wildman–Crippen MR) is 197 cm³/mol. The summed E-state index contributed by atoms with van der Waals surface area (Å²) in [7, 11) is -1.37. The Labute approximate surface area is 288 Å². The van der Waals surface area contributed by atoms with E-state index in [1.807, 2.05) is 55.5 Å². The number of hydrogen-bond donors (Lipinski definition) is 1. The summed E-state index contributed by atoms with van der Waals surface area (Å²) in [6, 6.07) is 18.4. The summed E-state index contributed by atoms with van der Waals surface area (Å²) in [6.45, 7) is 17.3. The van der Waals surface area contributed by atoms with Crippen LogP contribution >= 0.6 is 0 Å². The van der Waals surface area contributed by atoms with E-state index in [1.165, 1.54) is 20.9 Å². The normalized spacial score (nSPS) is 12.0. The Hall–Kier alpha value is -4.74. The van der Waals surface area contributed by atoms with Gasteiger partial charge in [0.15, 0.2) is 0 Å². The minimum atomic E-state index is -1.37. The first-order chi connectivity index (χ1) is 23.1. The van der Waals surface area contributed by atoms with E-state index in [4.69, 9.17) is 9.47 Å². The predicted octanol–water partition coefficient (Wildman–Crippen LogP) is 7.93. The minimum absolute atomic E-state index is 0.0127. The van der Waals surface area contributed by atoms with Crippen molar-refractivity contribution in [3.8, 4) is 11.3 Å². The Morgan fingerprint density at radius 1 is 0.959 bits per heavy atom. The first-order valence-electron chi connectivity index (χ1n) is 16.7. The van der Waals surface area contributed by atoms with Gasteiger partial charge < -0.3 is 14.8 Å². The molecule has 5 aromatic rings. The van der Waals surface area contributed by atoms with E-state index in [1.54, 1.807) is 43.9 Å². The number of carbonyl (C=O) groups is 2. The van der Waals surface area contributed by atoms with Crippen molar-refractivity contribution in [2.75, 3.05) is 11.9 Å². The van der Waals surface area contributed by atoms with Crippen molar-refractivity contribution in [1.82, 2.24) is 18.9 Å². The van der Waals surface area contributed by atoms with Crippen LogP contribution in [0.1, 0.15) is 54.7 Å². The SMILES string of the molecule is CCc1ccc2c(c1)cc(-c1cc(NC(=O)c3cnn(Cc4ccc(C)cc4)c3)cn(COCC[Si](C)(C)C)c1=O)n2C(=O)OC(C)(C)C. The van der Waals surface area contributed by atoms with Crippen LogP contribution in [-0.2, 0) is 29.2 Å². The third-order valence-corrected chi connectivity index (χ3v) is 9.76. The summed E-state index contributed by atoms with van der Waals surface area (Å²) in [6.07, 6.45) is 5.00. The van der Waals surface area contributed by atoms with Crippen LogP contribution in [0, 0.1) is 6.92 Å². The number of hydrogen-bond acceptors (Lipinski definition) is 6. The number of fused-ring (bicyclic) bond motifs is 1. The van der Waals surface area contributed by atoms with E-state index in [0.717, 1.165) is 29.0 Å². The van der Waals surface area contributed by atoms with Crippen molar-refractivity contribution in [2.45, 2.75) is 85.6 Å². The van der Waals surface area contributed by atoms with Crippen molar-refractivity contribution in [3.63, 3.8) is 0 Å². The largest absolute Gasteiger partial charge is 0.443 e. The molecule has 3 heterocycles. The standard InChI is InChI=1S/C38H47N5O5Si/c1-9-27-14-15-33-29(18-27)19-34(43(33)37(46)48-38(3,4)5)32-20-31(24-41(36(32)45)25-47-16-17-49(6,7)8)40-35(44)30-21-39-42(23-30)22-28-12-10-26(2)11-13-28/h10-15,18-21,23-24H,9,16-17,22,25H2,1-8H3,(H,40,44). The lowest BCUT2D eigenvalue weighted by molar-refractivity contribution is 0.0547. The highest BCUT2D eigenvalue weighted by molar-refractivity contribution is 6.76. The molecule has 0 bridgehead atoms. The molecule has 0 spiro atoms. The summed E-state index contributed by atoms with van der Waals surface area (Å²) in [4.78, 5) is 41.4. The Balaban J connectivity index is 1.54. The lowest BCUT2D eigenvalue weighted by Crippen LogP contribution is -2.29. The van der Waals surface area contributed by atoms with Crippen LogP contribution in [0.15, 0.2) is 78.0 Å². The molecule has 0 saturated carbocycles. The van der Waals surface area contributed by atoms with E-state index in [-0.39, 0.29) is 23.8 Å². The molecule has 0 fully saturated rings. The fourth-order valence-corrected chi connectivity index (χ4v) is 6.12. The van der Waals surface area contributed by atoms with Crippen molar-refractivity contribution in [1.29, 1.82) is 0 Å². The van der Waals surface area contributed by atoms with Gasteiger partial charge in [-0.25, -0.2) is 9.36 Å². The van der Waals surface area contributed by atoms with Gasteiger partial charge in [-0.15, -0.1) is 0 Å². The average Bonchev–Trinajstić information content (AvgIpc) is 3.65. The molecule has 0 aliphatic rings. The maximum absolute atomic E-state index is 14.1. The average molecular weight is 682 g/mol. The number of rotatable bonds is 11. The van der Waals surface area contributed by atoms with Crippen LogP contribution in [-0.4, -0.2) is 51.2 Å². The van der Waals surface area contributed by atoms with Gasteiger partial charge in [-0.2, -0.15) is 5.10 Å². The van der Waals surface area contributed by atoms with E-state index in [2.05, 4.69) is 37.0 Å². The highest BCUT2D eigenvalue weighted by atomic mass is 28.3. The van der Waals surface area contributed by atoms with Gasteiger partial charge in [0.25, 0.3) is 11.5 Å². The van der Waals surface area contributed by atoms with E-state index >= 15 is 0 Å². The fraction of sp³-hybridized carbons (Fsp3) is 0.368. The molecule has 2 aromatic carbocycles. The van der Waals surface area contributed by atoms with Crippen LogP contribution < -0.4 is 10.9 Å². The Bertz CT molecular complexity index is 2030. The maximum Gasteiger partial charge on any atom is 0.419 e. The van der Waals surface area contributed by atoms with Gasteiger partial charge in [0, 0.05) is 32.5 Å². The Morgan fingerprint density at radius 3 is 2.35 bits per heavy atom. The smallest absolute Gasteiger partial charge is 0.419 e. The molecule has 1 N–H and O–H groups in total. The zero-order chi connectivity index (χ0) is 35.5. The second-order valence-corrected chi connectivity index (χ2v) is 20.3. The highest BCUT2D eigenvalue weighted by Crippen LogP contribution is 2.30. The molecular weight excluding hydrogens is 635 g/mol. The number of benzene rings is 2. The molecule has 0 radical (unpaired) electrons. The first-order valence-corrected chi connectivity index (χ1v) is 20.4. The van der Waals surface area contributed by atoms with Gasteiger partial charge in [0.2, 0.25) is 0 Å². The van der Waals surface area contributed by atoms with Crippen molar-refractivity contribution < 1.29 is 19.1 Å². The molecule has 258 valence electrons. The molecule has 1 amide bonds. The zero-order valence-corrected chi connectivity index (χ0v) is 30.8. The molecule has 3 aromatic heterocycles. The fourth-order valence-electron chi connectivity index (χ4n) is 5.36. The molecular formula is C38H47N5O5Si. The van der Waals surface area contributed by atoms with Gasteiger partial charge >= 0.3 is 6.09 Å². The molecule has 0 unspecified atom stereocenters. The number of nitrogens with one attached hydrogen (secondary N) is 1. The molecule has 5 rings (SSSR count). The summed E-state index contributed by atoms with van der Waals surface area (Å²) in [5, 5.41) is 8.14. The number of ether oxygens (including phenoxy) is 2. The van der Waals surface area contributed by atoms with Crippen molar-refractivity contribution >= 4 is 36.7 Å². The van der Waals surface area contributed by atoms with Crippen LogP contribution in [0.3, 0.4) is 0 Å². The number of pyridine rings is 1. The maximum atomic E-state index is 14.1. The summed E-state index contributed by atoms with van der Waals surface area (Å²) >= 11 is 0. The number of aromatic nitrogens is 4. The van der Waals surface area contributed by atoms with Crippen LogP contribution in [0.5, 0.6) is 0 Å². The molecule has 49 heavy (non-hydrogen) atoms. The lowest BCUT2D eigenvalue weighted by Gasteiger charge is -2.21. The van der Waals surface area contributed by atoms with E-state index < -0.39 is 19.8 Å². The van der Waals surface area contributed by atoms with Crippen LogP contribution in [0.4, 0.5) is 10.5 Å². The minimum Gasteiger partial charge on any atom is -0.443 e. The number of anilines is 1. The van der Waals surface area contributed by atoms with Gasteiger partial charge in [0.05, 0.1) is 40.8 Å². The van der Waals surface area contributed by atoms with Gasteiger partial charge in [0.1, 0.15) is 12.3 Å².